The zero-order valence-electron chi connectivity index (χ0n) is 15.5. The second-order valence-corrected chi connectivity index (χ2v) is 7.76. The second-order valence-electron chi connectivity index (χ2n) is 7.76. The normalized spacial score (nSPS) is 18.7. The molecule has 0 unspecified atom stereocenters. The van der Waals surface area contributed by atoms with E-state index in [9.17, 15) is 0 Å². The third-order valence-electron chi connectivity index (χ3n) is 5.84. The molecule has 2 nitrogen and oxygen atoms in total. The highest BCUT2D eigenvalue weighted by Gasteiger charge is 2.18. The standard InChI is InChI=1S/C23H30N2/c1-19-7-11-23(12-8-19)25-15-13-24(14-16-25)18-20-9-10-21-5-3-2-4-6-22(21)17-20/h7-12,17H,2-6,13-16,18H2,1H3. The molecule has 2 heteroatoms. The molecular weight excluding hydrogens is 304 g/mol. The lowest BCUT2D eigenvalue weighted by Crippen LogP contribution is -2.45. The van der Waals surface area contributed by atoms with Crippen molar-refractivity contribution < 1.29 is 0 Å². The van der Waals surface area contributed by atoms with E-state index in [0.717, 1.165) is 32.7 Å². The van der Waals surface area contributed by atoms with Gasteiger partial charge in [-0.3, -0.25) is 4.90 Å². The lowest BCUT2D eigenvalue weighted by atomic mass is 10.00. The van der Waals surface area contributed by atoms with Gasteiger partial charge in [-0.05, 0) is 61.4 Å². The first-order valence-electron chi connectivity index (χ1n) is 9.92. The zero-order chi connectivity index (χ0) is 17.1. The number of rotatable bonds is 3. The van der Waals surface area contributed by atoms with Crippen LogP contribution in [0.1, 0.15) is 41.5 Å². The minimum atomic E-state index is 1.11. The Morgan fingerprint density at radius 1 is 0.760 bits per heavy atom. The number of benzene rings is 2. The van der Waals surface area contributed by atoms with Gasteiger partial charge in [0.15, 0.2) is 0 Å². The first kappa shape index (κ1) is 16.7. The van der Waals surface area contributed by atoms with Gasteiger partial charge in [0.25, 0.3) is 0 Å². The topological polar surface area (TPSA) is 6.48 Å². The average molecular weight is 335 g/mol. The molecule has 1 heterocycles. The second kappa shape index (κ2) is 7.61. The first-order chi connectivity index (χ1) is 12.3. The van der Waals surface area contributed by atoms with Crippen LogP contribution in [0, 0.1) is 6.92 Å². The van der Waals surface area contributed by atoms with Crippen molar-refractivity contribution in [2.24, 2.45) is 0 Å². The predicted molar refractivity (Wildman–Crippen MR) is 106 cm³/mol. The summed E-state index contributed by atoms with van der Waals surface area (Å²) >= 11 is 0. The van der Waals surface area contributed by atoms with Crippen molar-refractivity contribution in [1.29, 1.82) is 0 Å². The first-order valence-corrected chi connectivity index (χ1v) is 9.92. The minimum absolute atomic E-state index is 1.11. The van der Waals surface area contributed by atoms with Crippen LogP contribution in [-0.2, 0) is 19.4 Å². The van der Waals surface area contributed by atoms with Crippen LogP contribution in [0.15, 0.2) is 42.5 Å². The number of piperazine rings is 1. The lowest BCUT2D eigenvalue weighted by molar-refractivity contribution is 0.250. The summed E-state index contributed by atoms with van der Waals surface area (Å²) < 4.78 is 0. The van der Waals surface area contributed by atoms with Crippen LogP contribution in [-0.4, -0.2) is 31.1 Å². The highest BCUT2D eigenvalue weighted by atomic mass is 15.3. The highest BCUT2D eigenvalue weighted by molar-refractivity contribution is 5.48. The summed E-state index contributed by atoms with van der Waals surface area (Å²) in [5.74, 6) is 0. The predicted octanol–water partition coefficient (Wildman–Crippen LogP) is 4.59. The number of aryl methyl sites for hydroxylation is 3. The van der Waals surface area contributed by atoms with Gasteiger partial charge in [-0.15, -0.1) is 0 Å². The van der Waals surface area contributed by atoms with Crippen molar-refractivity contribution in [2.75, 3.05) is 31.1 Å². The van der Waals surface area contributed by atoms with Crippen molar-refractivity contribution in [2.45, 2.75) is 45.6 Å². The molecule has 132 valence electrons. The van der Waals surface area contributed by atoms with E-state index in [1.54, 1.807) is 11.1 Å². The van der Waals surface area contributed by atoms with Crippen molar-refractivity contribution in [3.05, 3.63) is 64.7 Å². The summed E-state index contributed by atoms with van der Waals surface area (Å²) in [5, 5.41) is 0. The molecule has 0 spiro atoms. The minimum Gasteiger partial charge on any atom is -0.369 e. The maximum absolute atomic E-state index is 2.61. The van der Waals surface area contributed by atoms with E-state index < -0.39 is 0 Å². The van der Waals surface area contributed by atoms with E-state index in [4.69, 9.17) is 0 Å². The fraction of sp³-hybridized carbons (Fsp3) is 0.478. The molecule has 2 aliphatic rings. The third kappa shape index (κ3) is 4.07. The van der Waals surface area contributed by atoms with Gasteiger partial charge in [0.05, 0.1) is 0 Å². The molecule has 2 aromatic carbocycles. The van der Waals surface area contributed by atoms with Gasteiger partial charge in [0.1, 0.15) is 0 Å². The van der Waals surface area contributed by atoms with Crippen LogP contribution in [0.5, 0.6) is 0 Å². The van der Waals surface area contributed by atoms with E-state index in [1.165, 1.54) is 48.9 Å². The maximum Gasteiger partial charge on any atom is 0.0367 e. The quantitative estimate of drug-likeness (QED) is 0.758. The van der Waals surface area contributed by atoms with Gasteiger partial charge in [-0.25, -0.2) is 0 Å². The smallest absolute Gasteiger partial charge is 0.0367 e. The Morgan fingerprint density at radius 2 is 1.48 bits per heavy atom. The van der Waals surface area contributed by atoms with E-state index in [1.807, 2.05) is 0 Å². The Morgan fingerprint density at radius 3 is 2.24 bits per heavy atom. The monoisotopic (exact) mass is 334 g/mol. The third-order valence-corrected chi connectivity index (χ3v) is 5.84. The van der Waals surface area contributed by atoms with Crippen LogP contribution in [0.4, 0.5) is 5.69 Å². The summed E-state index contributed by atoms with van der Waals surface area (Å²) in [4.78, 5) is 5.14. The average Bonchev–Trinajstić information content (AvgIpc) is 2.88. The van der Waals surface area contributed by atoms with Gasteiger partial charge >= 0.3 is 0 Å². The van der Waals surface area contributed by atoms with Crippen LogP contribution < -0.4 is 4.90 Å². The molecule has 25 heavy (non-hydrogen) atoms. The fourth-order valence-electron chi connectivity index (χ4n) is 4.24. The van der Waals surface area contributed by atoms with Gasteiger partial charge in [-0.1, -0.05) is 42.3 Å². The van der Waals surface area contributed by atoms with E-state index in [2.05, 4.69) is 59.2 Å². The van der Waals surface area contributed by atoms with Crippen molar-refractivity contribution in [3.63, 3.8) is 0 Å². The van der Waals surface area contributed by atoms with Crippen molar-refractivity contribution >= 4 is 5.69 Å². The van der Waals surface area contributed by atoms with E-state index >= 15 is 0 Å². The largest absolute Gasteiger partial charge is 0.369 e. The molecule has 2 aromatic rings. The molecule has 4 rings (SSSR count). The summed E-state index contributed by atoms with van der Waals surface area (Å²) in [6.45, 7) is 7.84. The Kier molecular flexibility index (Phi) is 5.07. The molecule has 0 amide bonds. The van der Waals surface area contributed by atoms with Crippen LogP contribution >= 0.6 is 0 Å². The molecular formula is C23H30N2. The molecule has 0 radical (unpaired) electrons. The molecule has 1 aliphatic carbocycles. The maximum atomic E-state index is 2.61. The molecule has 0 saturated carbocycles. The highest BCUT2D eigenvalue weighted by Crippen LogP contribution is 2.23. The summed E-state index contributed by atoms with van der Waals surface area (Å²) in [5.41, 5.74) is 7.43. The van der Waals surface area contributed by atoms with Crippen LogP contribution in [0.2, 0.25) is 0 Å². The Balaban J connectivity index is 1.35. The molecule has 1 aliphatic heterocycles. The lowest BCUT2D eigenvalue weighted by Gasteiger charge is -2.36. The Hall–Kier alpha value is -1.80. The van der Waals surface area contributed by atoms with Crippen LogP contribution in [0.25, 0.3) is 0 Å². The van der Waals surface area contributed by atoms with E-state index in [-0.39, 0.29) is 0 Å². The molecule has 0 aromatic heterocycles. The van der Waals surface area contributed by atoms with Crippen molar-refractivity contribution in [3.8, 4) is 0 Å². The molecule has 0 N–H and O–H groups in total. The Labute approximate surface area is 152 Å². The van der Waals surface area contributed by atoms with Gasteiger partial charge in [0, 0.05) is 38.4 Å². The number of fused-ring (bicyclic) bond motifs is 1. The number of hydrogen-bond donors (Lipinski definition) is 0. The van der Waals surface area contributed by atoms with E-state index in [0.29, 0.717) is 0 Å². The summed E-state index contributed by atoms with van der Waals surface area (Å²) in [6.07, 6.45) is 6.69. The van der Waals surface area contributed by atoms with Crippen LogP contribution in [0.3, 0.4) is 0 Å². The zero-order valence-corrected chi connectivity index (χ0v) is 15.5. The molecule has 0 atom stereocenters. The molecule has 0 bridgehead atoms. The fourth-order valence-corrected chi connectivity index (χ4v) is 4.24. The molecule has 1 saturated heterocycles. The van der Waals surface area contributed by atoms with Crippen molar-refractivity contribution in [1.82, 2.24) is 4.90 Å². The summed E-state index contributed by atoms with van der Waals surface area (Å²) in [7, 11) is 0. The number of hydrogen-bond acceptors (Lipinski definition) is 2. The van der Waals surface area contributed by atoms with Gasteiger partial charge < -0.3 is 4.90 Å². The van der Waals surface area contributed by atoms with Gasteiger partial charge in [0.2, 0.25) is 0 Å². The summed E-state index contributed by atoms with van der Waals surface area (Å²) in [6, 6.07) is 16.2. The molecule has 1 fully saturated rings. The Bertz CT molecular complexity index is 697. The SMILES string of the molecule is Cc1ccc(N2CCN(Cc3ccc4c(c3)CCCCC4)CC2)cc1. The number of anilines is 1. The number of nitrogens with zero attached hydrogens (tertiary/aromatic N) is 2. The van der Waals surface area contributed by atoms with Gasteiger partial charge in [-0.2, -0.15) is 0 Å².